The van der Waals surface area contributed by atoms with E-state index in [2.05, 4.69) is 168 Å². The maximum atomic E-state index is 6.92. The summed E-state index contributed by atoms with van der Waals surface area (Å²) in [7, 11) is 0. The second kappa shape index (κ2) is 9.72. The third kappa shape index (κ3) is 3.60. The van der Waals surface area contributed by atoms with Crippen molar-refractivity contribution in [2.75, 3.05) is 5.32 Å². The van der Waals surface area contributed by atoms with Crippen molar-refractivity contribution < 1.29 is 4.74 Å². The summed E-state index contributed by atoms with van der Waals surface area (Å²) in [6.45, 7) is 0. The average Bonchev–Trinajstić information content (AvgIpc) is 3.39. The highest BCUT2D eigenvalue weighted by atomic mass is 16.5. The highest BCUT2D eigenvalue weighted by molar-refractivity contribution is 6.15. The van der Waals surface area contributed by atoms with Crippen LogP contribution in [0.25, 0.3) is 60.9 Å². The molecule has 2 aliphatic heterocycles. The molecule has 3 heterocycles. The fraction of sp³-hybridized carbons (Fsp3) is 0.0233. The molecule has 0 saturated carbocycles. The van der Waals surface area contributed by atoms with Gasteiger partial charge in [0.1, 0.15) is 11.5 Å². The Kier molecular flexibility index (Phi) is 5.34. The lowest BCUT2D eigenvalue weighted by Crippen LogP contribution is -2.18. The molecular formula is C43H28N2O. The third-order valence-electron chi connectivity index (χ3n) is 9.65. The van der Waals surface area contributed by atoms with E-state index < -0.39 is 0 Å². The second-order valence-corrected chi connectivity index (χ2v) is 12.1. The molecule has 2 aliphatic rings. The minimum absolute atomic E-state index is 0.0340. The summed E-state index contributed by atoms with van der Waals surface area (Å²) in [6.07, 6.45) is 0. The Labute approximate surface area is 267 Å². The Morgan fingerprint density at radius 1 is 0.500 bits per heavy atom. The topological polar surface area (TPSA) is 26.2 Å². The first-order chi connectivity index (χ1) is 22.8. The van der Waals surface area contributed by atoms with Crippen LogP contribution in [0.15, 0.2) is 158 Å². The SMILES string of the molecule is c1cc(C2Nc3ccccc3-c3ccccc32)cc(-n2c3ccccc3c3c4c(ccc32)-c2ccccc2-c2ccccc2O4)c1. The van der Waals surface area contributed by atoms with Crippen molar-refractivity contribution in [3.63, 3.8) is 0 Å². The van der Waals surface area contributed by atoms with Crippen molar-refractivity contribution >= 4 is 27.5 Å². The Morgan fingerprint density at radius 2 is 1.20 bits per heavy atom. The summed E-state index contributed by atoms with van der Waals surface area (Å²) in [6, 6.07) is 56.6. The molecule has 3 nitrogen and oxygen atoms in total. The number of hydrogen-bond acceptors (Lipinski definition) is 2. The molecule has 1 aromatic heterocycles. The van der Waals surface area contributed by atoms with Gasteiger partial charge in [0.15, 0.2) is 0 Å². The fourth-order valence-electron chi connectivity index (χ4n) is 7.64. The maximum Gasteiger partial charge on any atom is 0.145 e. The molecule has 216 valence electrons. The zero-order valence-electron chi connectivity index (χ0n) is 24.9. The Balaban J connectivity index is 1.20. The lowest BCUT2D eigenvalue weighted by Gasteiger charge is -2.30. The predicted molar refractivity (Wildman–Crippen MR) is 189 cm³/mol. The van der Waals surface area contributed by atoms with Crippen LogP contribution in [0.1, 0.15) is 17.2 Å². The number of ether oxygens (including phenoxy) is 1. The average molecular weight is 589 g/mol. The zero-order chi connectivity index (χ0) is 30.2. The van der Waals surface area contributed by atoms with Gasteiger partial charge in [-0.25, -0.2) is 0 Å². The molecule has 1 atom stereocenters. The largest absolute Gasteiger partial charge is 0.455 e. The summed E-state index contributed by atoms with van der Waals surface area (Å²) in [5.74, 6) is 1.78. The number of para-hydroxylation sites is 3. The smallest absolute Gasteiger partial charge is 0.145 e. The molecule has 1 N–H and O–H groups in total. The Morgan fingerprint density at radius 3 is 2.09 bits per heavy atom. The first kappa shape index (κ1) is 25.3. The van der Waals surface area contributed by atoms with Crippen LogP contribution in [-0.4, -0.2) is 4.57 Å². The predicted octanol–water partition coefficient (Wildman–Crippen LogP) is 11.4. The molecule has 0 aliphatic carbocycles. The van der Waals surface area contributed by atoms with Crippen LogP contribution < -0.4 is 10.1 Å². The molecular weight excluding hydrogens is 560 g/mol. The van der Waals surface area contributed by atoms with E-state index in [0.29, 0.717) is 0 Å². The van der Waals surface area contributed by atoms with Gasteiger partial charge in [-0.15, -0.1) is 0 Å². The highest BCUT2D eigenvalue weighted by Crippen LogP contribution is 2.51. The van der Waals surface area contributed by atoms with Crippen LogP contribution in [0.4, 0.5) is 5.69 Å². The van der Waals surface area contributed by atoms with Gasteiger partial charge in [-0.2, -0.15) is 0 Å². The highest BCUT2D eigenvalue weighted by Gasteiger charge is 2.27. The quantitative estimate of drug-likeness (QED) is 0.217. The molecule has 0 bridgehead atoms. The molecule has 0 amide bonds. The van der Waals surface area contributed by atoms with E-state index >= 15 is 0 Å². The number of rotatable bonds is 2. The minimum Gasteiger partial charge on any atom is -0.455 e. The number of nitrogens with zero attached hydrogens (tertiary/aromatic N) is 1. The second-order valence-electron chi connectivity index (χ2n) is 12.1. The van der Waals surface area contributed by atoms with Gasteiger partial charge in [0.25, 0.3) is 0 Å². The van der Waals surface area contributed by atoms with Crippen LogP contribution in [0.2, 0.25) is 0 Å². The van der Waals surface area contributed by atoms with Crippen molar-refractivity contribution in [1.82, 2.24) is 4.57 Å². The minimum atomic E-state index is 0.0340. The Hall–Kier alpha value is -6.06. The van der Waals surface area contributed by atoms with Crippen molar-refractivity contribution in [2.24, 2.45) is 0 Å². The van der Waals surface area contributed by atoms with Gasteiger partial charge in [0, 0.05) is 33.5 Å². The molecule has 10 rings (SSSR count). The van der Waals surface area contributed by atoms with Crippen molar-refractivity contribution in [3.05, 3.63) is 169 Å². The first-order valence-electron chi connectivity index (χ1n) is 15.8. The van der Waals surface area contributed by atoms with Crippen LogP contribution in [-0.2, 0) is 0 Å². The van der Waals surface area contributed by atoms with Gasteiger partial charge < -0.3 is 14.6 Å². The van der Waals surface area contributed by atoms with Crippen molar-refractivity contribution in [2.45, 2.75) is 6.04 Å². The van der Waals surface area contributed by atoms with E-state index in [1.165, 1.54) is 38.8 Å². The fourth-order valence-corrected chi connectivity index (χ4v) is 7.64. The van der Waals surface area contributed by atoms with Crippen LogP contribution in [0, 0.1) is 0 Å². The molecule has 0 fully saturated rings. The molecule has 46 heavy (non-hydrogen) atoms. The number of anilines is 1. The maximum absolute atomic E-state index is 6.92. The molecule has 1 unspecified atom stereocenters. The zero-order valence-corrected chi connectivity index (χ0v) is 24.9. The standard InChI is InChI=1S/C43H28N2O/c1-2-15-30-29(14-1)33-18-7-10-23-40(33)46-43-35(30)24-25-39-41(43)36-20-6-9-22-38(36)45(39)28-13-11-12-27(26-28)42-34-19-4-3-16-31(34)32-17-5-8-21-37(32)44-42/h1-26,42,44H. The van der Waals surface area contributed by atoms with Crippen molar-refractivity contribution in [1.29, 1.82) is 0 Å². The van der Waals surface area contributed by atoms with E-state index in [1.807, 2.05) is 0 Å². The van der Waals surface area contributed by atoms with E-state index in [1.54, 1.807) is 0 Å². The van der Waals surface area contributed by atoms with Gasteiger partial charge in [0.2, 0.25) is 0 Å². The van der Waals surface area contributed by atoms with Gasteiger partial charge in [-0.1, -0.05) is 115 Å². The summed E-state index contributed by atoms with van der Waals surface area (Å²) in [4.78, 5) is 0. The van der Waals surface area contributed by atoms with Crippen molar-refractivity contribution in [3.8, 4) is 50.6 Å². The van der Waals surface area contributed by atoms with Gasteiger partial charge in [-0.05, 0) is 70.3 Å². The lowest BCUT2D eigenvalue weighted by molar-refractivity contribution is 0.493. The number of benzene rings is 7. The molecule has 0 saturated heterocycles. The molecule has 8 aromatic rings. The summed E-state index contributed by atoms with van der Waals surface area (Å²) >= 11 is 0. The molecule has 0 radical (unpaired) electrons. The molecule has 3 heteroatoms. The third-order valence-corrected chi connectivity index (χ3v) is 9.65. The molecule has 0 spiro atoms. The van der Waals surface area contributed by atoms with Gasteiger partial charge >= 0.3 is 0 Å². The van der Waals surface area contributed by atoms with Gasteiger partial charge in [0.05, 0.1) is 22.5 Å². The number of hydrogen-bond donors (Lipinski definition) is 1. The van der Waals surface area contributed by atoms with E-state index in [-0.39, 0.29) is 6.04 Å². The summed E-state index contributed by atoms with van der Waals surface area (Å²) in [5.41, 5.74) is 14.2. The normalized spacial score (nSPS) is 14.2. The van der Waals surface area contributed by atoms with E-state index in [4.69, 9.17) is 4.74 Å². The summed E-state index contributed by atoms with van der Waals surface area (Å²) in [5, 5.41) is 6.15. The van der Waals surface area contributed by atoms with E-state index in [0.717, 1.165) is 50.4 Å². The van der Waals surface area contributed by atoms with Crippen LogP contribution >= 0.6 is 0 Å². The van der Waals surface area contributed by atoms with Gasteiger partial charge in [-0.3, -0.25) is 0 Å². The number of nitrogens with one attached hydrogen (secondary N) is 1. The number of fused-ring (bicyclic) bond motifs is 12. The number of aromatic nitrogens is 1. The Bertz CT molecular complexity index is 2500. The van der Waals surface area contributed by atoms with E-state index in [9.17, 15) is 0 Å². The summed E-state index contributed by atoms with van der Waals surface area (Å²) < 4.78 is 9.32. The first-order valence-corrected chi connectivity index (χ1v) is 15.8. The monoisotopic (exact) mass is 588 g/mol. The van der Waals surface area contributed by atoms with Crippen LogP contribution in [0.3, 0.4) is 0 Å². The lowest BCUT2D eigenvalue weighted by atomic mass is 9.86. The molecule has 7 aromatic carbocycles. The van der Waals surface area contributed by atoms with Crippen LogP contribution in [0.5, 0.6) is 11.5 Å².